The average molecular weight is 496 g/mol. The molecule has 1 unspecified atom stereocenters. The van der Waals surface area contributed by atoms with Crippen LogP contribution in [-0.4, -0.2) is 51.6 Å². The van der Waals surface area contributed by atoms with Crippen LogP contribution >= 0.6 is 24.0 Å². The first-order chi connectivity index (χ1) is 12.0. The third-order valence-corrected chi connectivity index (χ3v) is 5.71. The molecule has 0 bridgehead atoms. The van der Waals surface area contributed by atoms with Crippen LogP contribution in [0.3, 0.4) is 0 Å². The lowest BCUT2D eigenvalue weighted by Gasteiger charge is -2.19. The largest absolute Gasteiger partial charge is 0.377 e. The summed E-state index contributed by atoms with van der Waals surface area (Å²) in [7, 11) is -3.52. The summed E-state index contributed by atoms with van der Waals surface area (Å²) in [5, 5.41) is 0. The summed E-state index contributed by atoms with van der Waals surface area (Å²) < 4.78 is 32.7. The van der Waals surface area contributed by atoms with E-state index in [0.717, 1.165) is 31.5 Å². The summed E-state index contributed by atoms with van der Waals surface area (Å²) >= 11 is 0. The van der Waals surface area contributed by atoms with Gasteiger partial charge in [-0.2, -0.15) is 0 Å². The molecule has 2 rings (SSSR count). The summed E-state index contributed by atoms with van der Waals surface area (Å²) in [6.07, 6.45) is 1.86. The van der Waals surface area contributed by atoms with Crippen molar-refractivity contribution in [2.75, 3.05) is 26.2 Å². The molecule has 0 amide bonds. The number of guanidine groups is 1. The van der Waals surface area contributed by atoms with Crippen molar-refractivity contribution in [2.24, 2.45) is 10.7 Å². The van der Waals surface area contributed by atoms with E-state index in [-0.39, 0.29) is 35.0 Å². The molecule has 26 heavy (non-hydrogen) atoms. The molecular weight excluding hydrogens is 467 g/mol. The molecule has 0 spiro atoms. The Labute approximate surface area is 173 Å². The number of halogens is 1. The molecule has 7 nitrogen and oxygen atoms in total. The molecule has 1 fully saturated rings. The Bertz CT molecular complexity index is 670. The molecule has 0 saturated carbocycles. The van der Waals surface area contributed by atoms with Gasteiger partial charge in [0.2, 0.25) is 10.0 Å². The van der Waals surface area contributed by atoms with E-state index in [1.54, 1.807) is 24.3 Å². The predicted molar refractivity (Wildman–Crippen MR) is 114 cm³/mol. The maximum absolute atomic E-state index is 12.3. The second-order valence-corrected chi connectivity index (χ2v) is 7.74. The van der Waals surface area contributed by atoms with Crippen LogP contribution in [0.2, 0.25) is 0 Å². The van der Waals surface area contributed by atoms with Crippen molar-refractivity contribution in [2.45, 2.75) is 44.2 Å². The van der Waals surface area contributed by atoms with Crippen LogP contribution in [0.15, 0.2) is 34.2 Å². The normalized spacial score (nSPS) is 17.8. The van der Waals surface area contributed by atoms with Gasteiger partial charge in [0.25, 0.3) is 0 Å². The van der Waals surface area contributed by atoms with E-state index in [1.807, 2.05) is 18.7 Å². The molecule has 148 valence electrons. The zero-order chi connectivity index (χ0) is 18.3. The van der Waals surface area contributed by atoms with Gasteiger partial charge in [0.05, 0.1) is 17.5 Å². The number of nitrogens with one attached hydrogen (secondary N) is 1. The van der Waals surface area contributed by atoms with Gasteiger partial charge in [-0.15, -0.1) is 24.0 Å². The Kier molecular flexibility index (Phi) is 9.83. The molecule has 9 heteroatoms. The van der Waals surface area contributed by atoms with Crippen LogP contribution in [0, 0.1) is 0 Å². The van der Waals surface area contributed by atoms with Crippen LogP contribution in [0.25, 0.3) is 0 Å². The van der Waals surface area contributed by atoms with Gasteiger partial charge in [-0.3, -0.25) is 0 Å². The van der Waals surface area contributed by atoms with Crippen molar-refractivity contribution < 1.29 is 13.2 Å². The first-order valence-corrected chi connectivity index (χ1v) is 10.2. The molecule has 1 aliphatic rings. The minimum absolute atomic E-state index is 0. The second kappa shape index (κ2) is 11.1. The quantitative estimate of drug-likeness (QED) is 0.326. The molecule has 1 aromatic rings. The summed E-state index contributed by atoms with van der Waals surface area (Å²) in [6, 6.07) is 6.71. The van der Waals surface area contributed by atoms with Crippen LogP contribution < -0.4 is 10.5 Å². The number of hydrogen-bond donors (Lipinski definition) is 2. The molecule has 1 aliphatic heterocycles. The number of nitrogens with two attached hydrogens (primary N) is 1. The lowest BCUT2D eigenvalue weighted by Crippen LogP contribution is -2.37. The number of hydrogen-bond acceptors (Lipinski definition) is 4. The van der Waals surface area contributed by atoms with E-state index in [9.17, 15) is 8.42 Å². The Morgan fingerprint density at radius 1 is 1.31 bits per heavy atom. The fourth-order valence-electron chi connectivity index (χ4n) is 2.69. The smallest absolute Gasteiger partial charge is 0.240 e. The molecule has 1 aromatic carbocycles. The Morgan fingerprint density at radius 2 is 1.96 bits per heavy atom. The van der Waals surface area contributed by atoms with Crippen molar-refractivity contribution in [1.29, 1.82) is 0 Å². The van der Waals surface area contributed by atoms with Crippen molar-refractivity contribution in [3.05, 3.63) is 29.8 Å². The van der Waals surface area contributed by atoms with Crippen LogP contribution in [0.5, 0.6) is 0 Å². The Morgan fingerprint density at radius 3 is 2.50 bits per heavy atom. The van der Waals surface area contributed by atoms with E-state index in [0.29, 0.717) is 25.7 Å². The zero-order valence-corrected chi connectivity index (χ0v) is 18.5. The molecule has 3 N–H and O–H groups in total. The van der Waals surface area contributed by atoms with Gasteiger partial charge in [0.1, 0.15) is 0 Å². The van der Waals surface area contributed by atoms with Crippen LogP contribution in [-0.2, 0) is 21.3 Å². The summed E-state index contributed by atoms with van der Waals surface area (Å²) in [4.78, 5) is 6.57. The minimum Gasteiger partial charge on any atom is -0.377 e. The van der Waals surface area contributed by atoms with Gasteiger partial charge in [-0.1, -0.05) is 12.1 Å². The summed E-state index contributed by atoms with van der Waals surface area (Å²) in [5.41, 5.74) is 6.85. The van der Waals surface area contributed by atoms with Gasteiger partial charge in [-0.25, -0.2) is 18.1 Å². The Hall–Kier alpha value is -0.910. The Balaban J connectivity index is 0.00000338. The minimum atomic E-state index is -3.52. The van der Waals surface area contributed by atoms with Gasteiger partial charge in [0.15, 0.2) is 5.96 Å². The van der Waals surface area contributed by atoms with Crippen molar-refractivity contribution in [3.63, 3.8) is 0 Å². The highest BCUT2D eigenvalue weighted by molar-refractivity contribution is 14.0. The number of sulfonamides is 1. The van der Waals surface area contributed by atoms with E-state index in [1.165, 1.54) is 0 Å². The predicted octanol–water partition coefficient (Wildman–Crippen LogP) is 1.92. The SMILES string of the molecule is CCN(CC)C(N)=NCc1ccc(S(=O)(=O)NCC2CCCO2)cc1.I. The molecule has 1 heterocycles. The lowest BCUT2D eigenvalue weighted by atomic mass is 10.2. The van der Waals surface area contributed by atoms with E-state index in [2.05, 4.69) is 9.71 Å². The number of ether oxygens (including phenoxy) is 1. The third-order valence-electron chi connectivity index (χ3n) is 4.27. The van der Waals surface area contributed by atoms with Gasteiger partial charge in [0, 0.05) is 26.2 Å². The zero-order valence-electron chi connectivity index (χ0n) is 15.3. The van der Waals surface area contributed by atoms with Crippen LogP contribution in [0.1, 0.15) is 32.3 Å². The van der Waals surface area contributed by atoms with Gasteiger partial charge in [-0.05, 0) is 44.4 Å². The maximum Gasteiger partial charge on any atom is 0.240 e. The first-order valence-electron chi connectivity index (χ1n) is 8.71. The highest BCUT2D eigenvalue weighted by Gasteiger charge is 2.20. The molecule has 0 radical (unpaired) electrons. The number of aliphatic imine (C=N–C) groups is 1. The van der Waals surface area contributed by atoms with Crippen molar-refractivity contribution in [3.8, 4) is 0 Å². The van der Waals surface area contributed by atoms with E-state index in [4.69, 9.17) is 10.5 Å². The van der Waals surface area contributed by atoms with Gasteiger partial charge >= 0.3 is 0 Å². The fourth-order valence-corrected chi connectivity index (χ4v) is 3.75. The number of rotatable bonds is 8. The summed E-state index contributed by atoms with van der Waals surface area (Å²) in [6.45, 7) is 7.10. The highest BCUT2D eigenvalue weighted by atomic mass is 127. The number of nitrogens with zero attached hydrogens (tertiary/aromatic N) is 2. The molecule has 1 atom stereocenters. The maximum atomic E-state index is 12.3. The van der Waals surface area contributed by atoms with Crippen molar-refractivity contribution in [1.82, 2.24) is 9.62 Å². The highest BCUT2D eigenvalue weighted by Crippen LogP contribution is 2.14. The molecule has 0 aromatic heterocycles. The fraction of sp³-hybridized carbons (Fsp3) is 0.588. The van der Waals surface area contributed by atoms with Crippen LogP contribution in [0.4, 0.5) is 0 Å². The topological polar surface area (TPSA) is 97.0 Å². The average Bonchev–Trinajstić information content (AvgIpc) is 3.13. The second-order valence-electron chi connectivity index (χ2n) is 5.98. The standard InChI is InChI=1S/C17H28N4O3S.HI/c1-3-21(4-2)17(18)19-12-14-7-9-16(10-8-14)25(22,23)20-13-15-6-5-11-24-15;/h7-10,15,20H,3-6,11-13H2,1-2H3,(H2,18,19);1H. The lowest BCUT2D eigenvalue weighted by molar-refractivity contribution is 0.114. The van der Waals surface area contributed by atoms with E-state index >= 15 is 0 Å². The number of benzene rings is 1. The first kappa shape index (κ1) is 23.1. The van der Waals surface area contributed by atoms with Gasteiger partial charge < -0.3 is 15.4 Å². The monoisotopic (exact) mass is 496 g/mol. The van der Waals surface area contributed by atoms with E-state index < -0.39 is 10.0 Å². The third kappa shape index (κ3) is 6.67. The molecular formula is C17H29IN4O3S. The molecule has 1 saturated heterocycles. The van der Waals surface area contributed by atoms with Crippen molar-refractivity contribution >= 4 is 40.0 Å². The summed E-state index contributed by atoms with van der Waals surface area (Å²) in [5.74, 6) is 0.500. The molecule has 0 aliphatic carbocycles.